The lowest BCUT2D eigenvalue weighted by Crippen LogP contribution is -1.92. The summed E-state index contributed by atoms with van der Waals surface area (Å²) >= 11 is 0. The average molecular weight is 248 g/mol. The highest BCUT2D eigenvalue weighted by atomic mass is 14.2. The summed E-state index contributed by atoms with van der Waals surface area (Å²) in [5.74, 6) is 0. The minimum atomic E-state index is 1.15. The van der Waals surface area contributed by atoms with E-state index in [1.54, 1.807) is 0 Å². The summed E-state index contributed by atoms with van der Waals surface area (Å²) in [6.07, 6.45) is 7.07. The molecule has 0 saturated carbocycles. The van der Waals surface area contributed by atoms with Gasteiger partial charge in [-0.15, -0.1) is 0 Å². The Bertz CT molecular complexity index is 555. The molecule has 0 unspecified atom stereocenters. The summed E-state index contributed by atoms with van der Waals surface area (Å²) in [7, 11) is 0. The second-order valence-electron chi connectivity index (χ2n) is 5.22. The zero-order valence-corrected chi connectivity index (χ0v) is 11.5. The number of unbranched alkanes of at least 4 members (excludes halogenated alkanes) is 1. The first kappa shape index (κ1) is 12.2. The molecule has 0 aromatic heterocycles. The summed E-state index contributed by atoms with van der Waals surface area (Å²) in [6.45, 7) is 2.24. The fourth-order valence-corrected chi connectivity index (χ4v) is 2.93. The molecule has 2 aromatic carbocycles. The number of hydrogen-bond acceptors (Lipinski definition) is 0. The van der Waals surface area contributed by atoms with Gasteiger partial charge in [0.25, 0.3) is 0 Å². The van der Waals surface area contributed by atoms with Gasteiger partial charge in [-0.2, -0.15) is 0 Å². The smallest absolute Gasteiger partial charge is 0.0146 e. The van der Waals surface area contributed by atoms with E-state index in [1.807, 2.05) is 0 Å². The van der Waals surface area contributed by atoms with Crippen molar-refractivity contribution in [3.63, 3.8) is 0 Å². The van der Waals surface area contributed by atoms with E-state index in [2.05, 4.69) is 61.5 Å². The molecule has 96 valence electrons. The monoisotopic (exact) mass is 248 g/mol. The van der Waals surface area contributed by atoms with Crippen molar-refractivity contribution >= 4 is 5.57 Å². The van der Waals surface area contributed by atoms with Crippen LogP contribution in [0.4, 0.5) is 0 Å². The molecule has 1 aliphatic rings. The number of benzene rings is 2. The number of rotatable bonds is 2. The summed E-state index contributed by atoms with van der Waals surface area (Å²) in [6, 6.07) is 17.7. The van der Waals surface area contributed by atoms with Gasteiger partial charge >= 0.3 is 0 Å². The van der Waals surface area contributed by atoms with E-state index in [0.717, 1.165) is 19.3 Å². The van der Waals surface area contributed by atoms with Gasteiger partial charge in [-0.25, -0.2) is 0 Å². The Morgan fingerprint density at radius 1 is 0.842 bits per heavy atom. The van der Waals surface area contributed by atoms with Gasteiger partial charge in [0.15, 0.2) is 0 Å². The number of allylic oxidation sites excluding steroid dienone is 1. The third-order valence-electron chi connectivity index (χ3n) is 3.92. The van der Waals surface area contributed by atoms with Crippen molar-refractivity contribution in [2.45, 2.75) is 32.6 Å². The number of aryl methyl sites for hydroxylation is 2. The Morgan fingerprint density at radius 2 is 1.37 bits per heavy atom. The van der Waals surface area contributed by atoms with E-state index in [-0.39, 0.29) is 0 Å². The van der Waals surface area contributed by atoms with Gasteiger partial charge in [-0.1, -0.05) is 68.0 Å². The predicted molar refractivity (Wildman–Crippen MR) is 82.3 cm³/mol. The van der Waals surface area contributed by atoms with Crippen LogP contribution in [-0.4, -0.2) is 0 Å². The predicted octanol–water partition coefficient (Wildman–Crippen LogP) is 5.02. The minimum Gasteiger partial charge on any atom is -0.0760 e. The molecule has 0 spiro atoms. The Hall–Kier alpha value is -1.82. The molecule has 3 rings (SSSR count). The molecule has 19 heavy (non-hydrogen) atoms. The van der Waals surface area contributed by atoms with E-state index in [0.29, 0.717) is 0 Å². The van der Waals surface area contributed by atoms with Crippen LogP contribution in [0.5, 0.6) is 0 Å². The maximum atomic E-state index is 2.42. The van der Waals surface area contributed by atoms with Crippen LogP contribution >= 0.6 is 0 Å². The highest BCUT2D eigenvalue weighted by Crippen LogP contribution is 2.33. The fourth-order valence-electron chi connectivity index (χ4n) is 2.93. The van der Waals surface area contributed by atoms with Crippen LogP contribution < -0.4 is 0 Å². The minimum absolute atomic E-state index is 1.15. The van der Waals surface area contributed by atoms with E-state index in [9.17, 15) is 0 Å². The van der Waals surface area contributed by atoms with Crippen molar-refractivity contribution in [1.29, 1.82) is 0 Å². The average Bonchev–Trinajstić information content (AvgIpc) is 2.62. The number of hydrogen-bond donors (Lipinski definition) is 0. The van der Waals surface area contributed by atoms with E-state index in [4.69, 9.17) is 0 Å². The molecule has 0 N–H and O–H groups in total. The Balaban J connectivity index is 2.19. The van der Waals surface area contributed by atoms with Crippen molar-refractivity contribution in [3.05, 3.63) is 76.9 Å². The lowest BCUT2D eigenvalue weighted by atomic mass is 9.93. The molecule has 0 saturated heterocycles. The molecular formula is C19H20. The first-order valence-electron chi connectivity index (χ1n) is 7.27. The third-order valence-corrected chi connectivity index (χ3v) is 3.92. The molecule has 0 atom stereocenters. The Morgan fingerprint density at radius 3 is 1.89 bits per heavy atom. The zero-order chi connectivity index (χ0) is 13.1. The van der Waals surface area contributed by atoms with Crippen molar-refractivity contribution in [1.82, 2.24) is 0 Å². The van der Waals surface area contributed by atoms with Crippen LogP contribution in [0.15, 0.2) is 54.6 Å². The van der Waals surface area contributed by atoms with Crippen LogP contribution in [0, 0.1) is 0 Å². The normalized spacial score (nSPS) is 13.4. The van der Waals surface area contributed by atoms with Gasteiger partial charge in [0.05, 0.1) is 0 Å². The highest BCUT2D eigenvalue weighted by molar-refractivity contribution is 5.83. The largest absolute Gasteiger partial charge is 0.0760 e. The molecule has 0 heteroatoms. The molecule has 0 bridgehead atoms. The molecule has 0 radical (unpaired) electrons. The molecule has 2 aromatic rings. The first-order chi connectivity index (χ1) is 9.40. The highest BCUT2D eigenvalue weighted by Gasteiger charge is 2.16. The zero-order valence-electron chi connectivity index (χ0n) is 11.5. The first-order valence-corrected chi connectivity index (χ1v) is 7.27. The van der Waals surface area contributed by atoms with Crippen LogP contribution in [-0.2, 0) is 12.8 Å². The van der Waals surface area contributed by atoms with E-state index >= 15 is 0 Å². The van der Waals surface area contributed by atoms with Crippen LogP contribution in [0.2, 0.25) is 0 Å². The second kappa shape index (κ2) is 5.44. The Kier molecular flexibility index (Phi) is 3.50. The molecule has 0 fully saturated rings. The van der Waals surface area contributed by atoms with Gasteiger partial charge in [-0.3, -0.25) is 0 Å². The summed E-state index contributed by atoms with van der Waals surface area (Å²) in [5, 5.41) is 0. The van der Waals surface area contributed by atoms with Crippen molar-refractivity contribution in [2.75, 3.05) is 0 Å². The molecule has 0 heterocycles. The van der Waals surface area contributed by atoms with Crippen LogP contribution in [0.25, 0.3) is 5.57 Å². The van der Waals surface area contributed by atoms with Gasteiger partial charge < -0.3 is 0 Å². The maximum Gasteiger partial charge on any atom is -0.0146 e. The standard InChI is InChI=1S/C19H20/c1-2-3-10-19-17-11-6-4-8-15(17)13-14-16-9-5-7-12-18(16)19/h4-12H,2-3,13-14H2,1H3. The molecule has 1 aliphatic carbocycles. The molecule has 0 nitrogen and oxygen atoms in total. The SMILES string of the molecule is CCCC=C1c2ccccc2CCc2ccccc21. The molecular weight excluding hydrogens is 228 g/mol. The molecule has 0 amide bonds. The summed E-state index contributed by atoms with van der Waals surface area (Å²) in [5.41, 5.74) is 7.27. The molecule has 0 aliphatic heterocycles. The number of fused-ring (bicyclic) bond motifs is 2. The third kappa shape index (κ3) is 2.35. The van der Waals surface area contributed by atoms with Gasteiger partial charge in [0, 0.05) is 0 Å². The van der Waals surface area contributed by atoms with Crippen molar-refractivity contribution < 1.29 is 0 Å². The summed E-state index contributed by atoms with van der Waals surface area (Å²) in [4.78, 5) is 0. The quantitative estimate of drug-likeness (QED) is 0.700. The fraction of sp³-hybridized carbons (Fsp3) is 0.263. The van der Waals surface area contributed by atoms with Crippen LogP contribution in [0.1, 0.15) is 42.0 Å². The Labute approximate surface area is 115 Å². The van der Waals surface area contributed by atoms with Gasteiger partial charge in [-0.05, 0) is 47.1 Å². The lowest BCUT2D eigenvalue weighted by Gasteiger charge is -2.11. The van der Waals surface area contributed by atoms with E-state index in [1.165, 1.54) is 34.2 Å². The second-order valence-corrected chi connectivity index (χ2v) is 5.22. The maximum absolute atomic E-state index is 2.42. The van der Waals surface area contributed by atoms with Gasteiger partial charge in [0.2, 0.25) is 0 Å². The summed E-state index contributed by atoms with van der Waals surface area (Å²) < 4.78 is 0. The van der Waals surface area contributed by atoms with E-state index < -0.39 is 0 Å². The van der Waals surface area contributed by atoms with Crippen molar-refractivity contribution in [2.24, 2.45) is 0 Å². The van der Waals surface area contributed by atoms with Gasteiger partial charge in [0.1, 0.15) is 0 Å². The topological polar surface area (TPSA) is 0 Å². The lowest BCUT2D eigenvalue weighted by molar-refractivity contribution is 0.960. The van der Waals surface area contributed by atoms with Crippen molar-refractivity contribution in [3.8, 4) is 0 Å². The van der Waals surface area contributed by atoms with Crippen LogP contribution in [0.3, 0.4) is 0 Å².